The van der Waals surface area contributed by atoms with Gasteiger partial charge in [-0.3, -0.25) is 9.69 Å². The van der Waals surface area contributed by atoms with Gasteiger partial charge in [0.2, 0.25) is 6.41 Å². The van der Waals surface area contributed by atoms with Gasteiger partial charge in [-0.2, -0.15) is 0 Å². The molecule has 2 rings (SSSR count). The lowest BCUT2D eigenvalue weighted by atomic mass is 10.2. The molecule has 17 heavy (non-hydrogen) atoms. The maximum absolute atomic E-state index is 10.6. The second kappa shape index (κ2) is 6.93. The van der Waals surface area contributed by atoms with Crippen molar-refractivity contribution in [2.24, 2.45) is 0 Å². The second-order valence-electron chi connectivity index (χ2n) is 4.93. The van der Waals surface area contributed by atoms with Crippen molar-refractivity contribution in [2.45, 2.75) is 6.42 Å². The zero-order chi connectivity index (χ0) is 11.9. The van der Waals surface area contributed by atoms with E-state index in [0.29, 0.717) is 0 Å². The normalized spacial score (nSPS) is 23.9. The molecule has 0 radical (unpaired) electrons. The highest BCUT2D eigenvalue weighted by Crippen LogP contribution is 2.02. The molecule has 0 spiro atoms. The van der Waals surface area contributed by atoms with Gasteiger partial charge in [0, 0.05) is 52.4 Å². The molecule has 5 nitrogen and oxygen atoms in total. The Morgan fingerprint density at radius 1 is 0.882 bits per heavy atom. The van der Waals surface area contributed by atoms with E-state index >= 15 is 0 Å². The van der Waals surface area contributed by atoms with Gasteiger partial charge in [-0.05, 0) is 19.5 Å². The minimum atomic E-state index is 0.900. The Kier molecular flexibility index (Phi) is 5.22. The lowest BCUT2D eigenvalue weighted by Gasteiger charge is -2.33. The molecule has 2 aliphatic heterocycles. The van der Waals surface area contributed by atoms with E-state index in [4.69, 9.17) is 0 Å². The molecule has 98 valence electrons. The molecule has 0 unspecified atom stereocenters. The Morgan fingerprint density at radius 2 is 1.47 bits per heavy atom. The first-order chi connectivity index (χ1) is 8.38. The zero-order valence-corrected chi connectivity index (χ0v) is 10.6. The van der Waals surface area contributed by atoms with Crippen molar-refractivity contribution in [1.82, 2.24) is 20.0 Å². The molecule has 0 aromatic rings. The number of hydrogen-bond donors (Lipinski definition) is 1. The van der Waals surface area contributed by atoms with Crippen molar-refractivity contribution < 1.29 is 4.79 Å². The van der Waals surface area contributed by atoms with Gasteiger partial charge in [-0.25, -0.2) is 0 Å². The van der Waals surface area contributed by atoms with Crippen LogP contribution in [0.25, 0.3) is 0 Å². The Balaban J connectivity index is 1.54. The van der Waals surface area contributed by atoms with Gasteiger partial charge in [0.25, 0.3) is 0 Å². The topological polar surface area (TPSA) is 38.8 Å². The van der Waals surface area contributed by atoms with Gasteiger partial charge in [0.1, 0.15) is 0 Å². The third-order valence-corrected chi connectivity index (χ3v) is 3.71. The predicted molar refractivity (Wildman–Crippen MR) is 68.0 cm³/mol. The Labute approximate surface area is 104 Å². The molecule has 5 heteroatoms. The summed E-state index contributed by atoms with van der Waals surface area (Å²) in [4.78, 5) is 17.5. The summed E-state index contributed by atoms with van der Waals surface area (Å²) < 4.78 is 0. The number of nitrogens with zero attached hydrogens (tertiary/aromatic N) is 3. The average molecular weight is 240 g/mol. The minimum Gasteiger partial charge on any atom is -0.343 e. The van der Waals surface area contributed by atoms with Gasteiger partial charge in [0.15, 0.2) is 0 Å². The van der Waals surface area contributed by atoms with Gasteiger partial charge >= 0.3 is 0 Å². The largest absolute Gasteiger partial charge is 0.343 e. The van der Waals surface area contributed by atoms with Crippen molar-refractivity contribution in [2.75, 3.05) is 65.4 Å². The van der Waals surface area contributed by atoms with E-state index in [0.717, 1.165) is 45.7 Å². The monoisotopic (exact) mass is 240 g/mol. The molecule has 0 bridgehead atoms. The quantitative estimate of drug-likeness (QED) is 0.629. The van der Waals surface area contributed by atoms with Crippen molar-refractivity contribution >= 4 is 6.41 Å². The molecule has 0 saturated carbocycles. The summed E-state index contributed by atoms with van der Waals surface area (Å²) in [6, 6.07) is 0. The first-order valence-corrected chi connectivity index (χ1v) is 6.73. The van der Waals surface area contributed by atoms with Crippen LogP contribution in [0, 0.1) is 0 Å². The van der Waals surface area contributed by atoms with Crippen molar-refractivity contribution in [3.63, 3.8) is 0 Å². The van der Waals surface area contributed by atoms with Crippen LogP contribution in [-0.4, -0.2) is 86.6 Å². The molecule has 0 aliphatic carbocycles. The fourth-order valence-corrected chi connectivity index (χ4v) is 2.55. The number of carbonyl (C=O) groups is 1. The third-order valence-electron chi connectivity index (χ3n) is 3.71. The summed E-state index contributed by atoms with van der Waals surface area (Å²) >= 11 is 0. The van der Waals surface area contributed by atoms with Crippen LogP contribution in [0.3, 0.4) is 0 Å². The van der Waals surface area contributed by atoms with Crippen molar-refractivity contribution in [1.29, 1.82) is 0 Å². The summed E-state index contributed by atoms with van der Waals surface area (Å²) in [6.07, 6.45) is 2.22. The SMILES string of the molecule is O=CN1CCN(CCCN2CCNCC2)CC1. The van der Waals surface area contributed by atoms with E-state index in [1.807, 2.05) is 4.90 Å². The minimum absolute atomic E-state index is 0.900. The van der Waals surface area contributed by atoms with Crippen LogP contribution >= 0.6 is 0 Å². The summed E-state index contributed by atoms with van der Waals surface area (Å²) in [5.41, 5.74) is 0. The highest BCUT2D eigenvalue weighted by molar-refractivity contribution is 5.47. The van der Waals surface area contributed by atoms with Crippen molar-refractivity contribution in [3.8, 4) is 0 Å². The van der Waals surface area contributed by atoms with Gasteiger partial charge < -0.3 is 15.1 Å². The summed E-state index contributed by atoms with van der Waals surface area (Å²) in [7, 11) is 0. The second-order valence-corrected chi connectivity index (χ2v) is 4.93. The fourth-order valence-electron chi connectivity index (χ4n) is 2.55. The third kappa shape index (κ3) is 4.26. The Morgan fingerprint density at radius 3 is 2.06 bits per heavy atom. The first kappa shape index (κ1) is 12.8. The van der Waals surface area contributed by atoms with Gasteiger partial charge in [0.05, 0.1) is 0 Å². The highest BCUT2D eigenvalue weighted by atomic mass is 16.1. The maximum Gasteiger partial charge on any atom is 0.209 e. The predicted octanol–water partition coefficient (Wildman–Crippen LogP) is -0.944. The van der Waals surface area contributed by atoms with Crippen molar-refractivity contribution in [3.05, 3.63) is 0 Å². The number of piperazine rings is 2. The van der Waals surface area contributed by atoms with E-state index in [1.165, 1.54) is 32.6 Å². The molecular weight excluding hydrogens is 216 g/mol. The lowest BCUT2D eigenvalue weighted by Crippen LogP contribution is -2.47. The van der Waals surface area contributed by atoms with E-state index in [2.05, 4.69) is 15.1 Å². The summed E-state index contributed by atoms with van der Waals surface area (Å²) in [5, 5.41) is 3.38. The summed E-state index contributed by atoms with van der Waals surface area (Å²) in [6.45, 7) is 10.9. The number of nitrogens with one attached hydrogen (secondary N) is 1. The molecule has 1 N–H and O–H groups in total. The molecule has 0 aromatic heterocycles. The van der Waals surface area contributed by atoms with E-state index in [1.54, 1.807) is 0 Å². The van der Waals surface area contributed by atoms with Crippen LogP contribution in [0.15, 0.2) is 0 Å². The van der Waals surface area contributed by atoms with E-state index < -0.39 is 0 Å². The van der Waals surface area contributed by atoms with Gasteiger partial charge in [-0.15, -0.1) is 0 Å². The Bertz CT molecular complexity index is 223. The van der Waals surface area contributed by atoms with Crippen LogP contribution in [0.5, 0.6) is 0 Å². The molecule has 2 aliphatic rings. The average Bonchev–Trinajstić information content (AvgIpc) is 2.41. The van der Waals surface area contributed by atoms with Crippen LogP contribution < -0.4 is 5.32 Å². The van der Waals surface area contributed by atoms with E-state index in [-0.39, 0.29) is 0 Å². The molecular formula is C12H24N4O. The molecule has 0 aromatic carbocycles. The zero-order valence-electron chi connectivity index (χ0n) is 10.6. The number of carbonyl (C=O) groups excluding carboxylic acids is 1. The van der Waals surface area contributed by atoms with Gasteiger partial charge in [-0.1, -0.05) is 0 Å². The molecule has 2 saturated heterocycles. The highest BCUT2D eigenvalue weighted by Gasteiger charge is 2.15. The Hall–Kier alpha value is -0.650. The lowest BCUT2D eigenvalue weighted by molar-refractivity contribution is -0.119. The number of rotatable bonds is 5. The maximum atomic E-state index is 10.6. The van der Waals surface area contributed by atoms with Crippen LogP contribution in [0.1, 0.15) is 6.42 Å². The molecule has 2 fully saturated rings. The first-order valence-electron chi connectivity index (χ1n) is 6.73. The fraction of sp³-hybridized carbons (Fsp3) is 0.917. The van der Waals surface area contributed by atoms with Crippen LogP contribution in [0.4, 0.5) is 0 Å². The van der Waals surface area contributed by atoms with E-state index in [9.17, 15) is 4.79 Å². The summed E-state index contributed by atoms with van der Waals surface area (Å²) in [5.74, 6) is 0. The van der Waals surface area contributed by atoms with Crippen LogP contribution in [-0.2, 0) is 4.79 Å². The molecule has 1 amide bonds. The number of amides is 1. The van der Waals surface area contributed by atoms with Crippen LogP contribution in [0.2, 0.25) is 0 Å². The molecule has 2 heterocycles. The molecule has 0 atom stereocenters. The number of hydrogen-bond acceptors (Lipinski definition) is 4. The smallest absolute Gasteiger partial charge is 0.209 e. The standard InChI is InChI=1S/C12H24N4O/c17-12-16-10-8-15(9-11-16)5-1-4-14-6-2-13-3-7-14/h12-13H,1-11H2.